The quantitative estimate of drug-likeness (QED) is 0.605. The van der Waals surface area contributed by atoms with Crippen molar-refractivity contribution in [1.29, 1.82) is 0 Å². The first-order chi connectivity index (χ1) is 13.0. The number of guanidine groups is 1. The summed E-state index contributed by atoms with van der Waals surface area (Å²) < 4.78 is 5.63. The summed E-state index contributed by atoms with van der Waals surface area (Å²) in [6.07, 6.45) is 1.93. The highest BCUT2D eigenvalue weighted by Gasteiger charge is 2.35. The molecule has 0 amide bonds. The molecule has 1 fully saturated rings. The van der Waals surface area contributed by atoms with Crippen LogP contribution in [0.2, 0.25) is 5.02 Å². The lowest BCUT2D eigenvalue weighted by molar-refractivity contribution is 0.0512. The molecule has 0 atom stereocenters. The molecule has 27 heavy (non-hydrogen) atoms. The molecule has 0 aliphatic carbocycles. The van der Waals surface area contributed by atoms with Crippen LogP contribution in [0.3, 0.4) is 0 Å². The van der Waals surface area contributed by atoms with Gasteiger partial charge in [0.1, 0.15) is 0 Å². The lowest BCUT2D eigenvalue weighted by Crippen LogP contribution is -2.48. The maximum absolute atomic E-state index is 6.27. The molecular formula is C20H27ClN4OS. The van der Waals surface area contributed by atoms with Crippen molar-refractivity contribution in [3.63, 3.8) is 0 Å². The Kier molecular flexibility index (Phi) is 6.73. The van der Waals surface area contributed by atoms with Crippen molar-refractivity contribution in [3.05, 3.63) is 50.9 Å². The first kappa shape index (κ1) is 20.1. The van der Waals surface area contributed by atoms with Crippen molar-refractivity contribution in [2.45, 2.75) is 31.7 Å². The summed E-state index contributed by atoms with van der Waals surface area (Å²) in [5.74, 6) is 0.869. The molecule has 0 bridgehead atoms. The highest BCUT2D eigenvalue weighted by molar-refractivity contribution is 7.09. The second-order valence-corrected chi connectivity index (χ2v) is 8.52. The number of halogens is 1. The van der Waals surface area contributed by atoms with Crippen LogP contribution < -0.4 is 5.32 Å². The van der Waals surface area contributed by atoms with E-state index in [2.05, 4.69) is 37.7 Å². The van der Waals surface area contributed by atoms with Gasteiger partial charge in [-0.05, 0) is 37.5 Å². The number of nitrogens with one attached hydrogen (secondary N) is 1. The second kappa shape index (κ2) is 9.04. The van der Waals surface area contributed by atoms with Crippen LogP contribution in [-0.4, -0.2) is 49.7 Å². The molecule has 1 saturated heterocycles. The maximum atomic E-state index is 6.27. The van der Waals surface area contributed by atoms with Crippen LogP contribution in [0, 0.1) is 6.92 Å². The van der Waals surface area contributed by atoms with Gasteiger partial charge in [-0.25, -0.2) is 4.98 Å². The van der Waals surface area contributed by atoms with Gasteiger partial charge < -0.3 is 15.0 Å². The predicted molar refractivity (Wildman–Crippen MR) is 113 cm³/mol. The van der Waals surface area contributed by atoms with Gasteiger partial charge in [-0.3, -0.25) is 4.99 Å². The zero-order valence-corrected chi connectivity index (χ0v) is 17.7. The Morgan fingerprint density at radius 2 is 2.19 bits per heavy atom. The van der Waals surface area contributed by atoms with Gasteiger partial charge in [0.05, 0.1) is 17.2 Å². The summed E-state index contributed by atoms with van der Waals surface area (Å²) in [6, 6.07) is 8.21. The van der Waals surface area contributed by atoms with E-state index in [9.17, 15) is 0 Å². The van der Waals surface area contributed by atoms with E-state index >= 15 is 0 Å². The molecule has 7 heteroatoms. The monoisotopic (exact) mass is 406 g/mol. The van der Waals surface area contributed by atoms with Crippen molar-refractivity contribution < 1.29 is 4.74 Å². The van der Waals surface area contributed by atoms with E-state index in [0.717, 1.165) is 60.8 Å². The van der Waals surface area contributed by atoms with Gasteiger partial charge in [-0.1, -0.05) is 23.7 Å². The minimum absolute atomic E-state index is 0.00283. The summed E-state index contributed by atoms with van der Waals surface area (Å²) in [6.45, 7) is 5.09. The number of nitrogens with zero attached hydrogens (tertiary/aromatic N) is 3. The number of thiazole rings is 1. The normalized spacial score (nSPS) is 17.0. The van der Waals surface area contributed by atoms with E-state index in [1.54, 1.807) is 11.3 Å². The van der Waals surface area contributed by atoms with Gasteiger partial charge in [0.15, 0.2) is 5.96 Å². The third-order valence-corrected chi connectivity index (χ3v) is 6.17. The van der Waals surface area contributed by atoms with E-state index < -0.39 is 0 Å². The number of aryl methyl sites for hydroxylation is 1. The molecular weight excluding hydrogens is 380 g/mol. The molecule has 0 saturated carbocycles. The Hall–Kier alpha value is -1.63. The lowest BCUT2D eigenvalue weighted by atomic mass is 9.74. The van der Waals surface area contributed by atoms with Gasteiger partial charge in [0.2, 0.25) is 0 Å². The average molecular weight is 407 g/mol. The summed E-state index contributed by atoms with van der Waals surface area (Å²) in [5, 5.41) is 7.54. The Bertz CT molecular complexity index is 786. The molecule has 0 radical (unpaired) electrons. The summed E-state index contributed by atoms with van der Waals surface area (Å²) in [4.78, 5) is 11.1. The molecule has 1 aliphatic rings. The van der Waals surface area contributed by atoms with Gasteiger partial charge >= 0.3 is 0 Å². The van der Waals surface area contributed by atoms with Gasteiger partial charge in [0, 0.05) is 49.7 Å². The van der Waals surface area contributed by atoms with Crippen LogP contribution >= 0.6 is 22.9 Å². The highest BCUT2D eigenvalue weighted by Crippen LogP contribution is 2.35. The van der Waals surface area contributed by atoms with Crippen LogP contribution in [0.4, 0.5) is 0 Å². The van der Waals surface area contributed by atoms with Gasteiger partial charge in [-0.2, -0.15) is 0 Å². The summed E-state index contributed by atoms with van der Waals surface area (Å²) in [5.41, 5.74) is 2.33. The van der Waals surface area contributed by atoms with Crippen LogP contribution in [0.15, 0.2) is 34.6 Å². The average Bonchev–Trinajstić information content (AvgIpc) is 3.07. The van der Waals surface area contributed by atoms with Crippen molar-refractivity contribution >= 4 is 28.9 Å². The fourth-order valence-corrected chi connectivity index (χ4v) is 4.37. The van der Waals surface area contributed by atoms with E-state index in [1.165, 1.54) is 5.56 Å². The fourth-order valence-electron chi connectivity index (χ4n) is 3.58. The highest BCUT2D eigenvalue weighted by atomic mass is 35.5. The topological polar surface area (TPSA) is 49.8 Å². The van der Waals surface area contributed by atoms with Crippen molar-refractivity contribution in [2.24, 2.45) is 4.99 Å². The van der Waals surface area contributed by atoms with Gasteiger partial charge in [0.25, 0.3) is 0 Å². The fraction of sp³-hybridized carbons (Fsp3) is 0.500. The van der Waals surface area contributed by atoms with E-state index in [1.807, 2.05) is 33.2 Å². The largest absolute Gasteiger partial charge is 0.381 e. The SMILES string of the molecule is CN=C(NCC1(c2cccc(Cl)c2)CCOCC1)N(C)Cc1csc(C)n1. The van der Waals surface area contributed by atoms with Crippen molar-refractivity contribution in [3.8, 4) is 0 Å². The number of rotatable bonds is 5. The number of hydrogen-bond acceptors (Lipinski definition) is 4. The first-order valence-electron chi connectivity index (χ1n) is 9.19. The van der Waals surface area contributed by atoms with E-state index in [4.69, 9.17) is 16.3 Å². The van der Waals surface area contributed by atoms with Crippen LogP contribution in [0.5, 0.6) is 0 Å². The van der Waals surface area contributed by atoms with Gasteiger partial charge in [-0.15, -0.1) is 11.3 Å². The third-order valence-electron chi connectivity index (χ3n) is 5.11. The molecule has 0 unspecified atom stereocenters. The third kappa shape index (κ3) is 5.00. The Balaban J connectivity index is 1.71. The Morgan fingerprint density at radius 3 is 2.81 bits per heavy atom. The molecule has 2 aromatic rings. The lowest BCUT2D eigenvalue weighted by Gasteiger charge is -2.39. The smallest absolute Gasteiger partial charge is 0.193 e. The standard InChI is InChI=1S/C20H27ClN4OS/c1-15-24-18(13-27-15)12-25(3)19(22-2)23-14-20(7-9-26-10-8-20)16-5-4-6-17(21)11-16/h4-6,11,13H,7-10,12,14H2,1-3H3,(H,22,23). The minimum atomic E-state index is -0.00283. The number of benzene rings is 1. The molecule has 1 N–H and O–H groups in total. The number of hydrogen-bond donors (Lipinski definition) is 1. The predicted octanol–water partition coefficient (Wildman–Crippen LogP) is 3.86. The zero-order valence-electron chi connectivity index (χ0n) is 16.2. The minimum Gasteiger partial charge on any atom is -0.381 e. The molecule has 3 rings (SSSR count). The van der Waals surface area contributed by atoms with E-state index in [-0.39, 0.29) is 5.41 Å². The summed E-state index contributed by atoms with van der Waals surface area (Å²) in [7, 11) is 3.86. The molecule has 1 aliphatic heterocycles. The number of aromatic nitrogens is 1. The van der Waals surface area contributed by atoms with Crippen molar-refractivity contribution in [2.75, 3.05) is 33.9 Å². The Morgan fingerprint density at radius 1 is 1.41 bits per heavy atom. The molecule has 1 aromatic heterocycles. The van der Waals surface area contributed by atoms with Crippen LogP contribution in [-0.2, 0) is 16.7 Å². The second-order valence-electron chi connectivity index (χ2n) is 7.02. The maximum Gasteiger partial charge on any atom is 0.193 e. The first-order valence-corrected chi connectivity index (χ1v) is 10.4. The number of aliphatic imine (C=N–C) groups is 1. The molecule has 0 spiro atoms. The molecule has 146 valence electrons. The molecule has 1 aromatic carbocycles. The van der Waals surface area contributed by atoms with Crippen LogP contribution in [0.25, 0.3) is 0 Å². The van der Waals surface area contributed by atoms with Crippen molar-refractivity contribution in [1.82, 2.24) is 15.2 Å². The molecule has 2 heterocycles. The van der Waals surface area contributed by atoms with Crippen LogP contribution in [0.1, 0.15) is 29.1 Å². The van der Waals surface area contributed by atoms with E-state index in [0.29, 0.717) is 0 Å². The zero-order chi connectivity index (χ0) is 19.3. The Labute approximate surface area is 170 Å². The summed E-state index contributed by atoms with van der Waals surface area (Å²) >= 11 is 7.94. The number of ether oxygens (including phenoxy) is 1. The molecule has 5 nitrogen and oxygen atoms in total.